The lowest BCUT2D eigenvalue weighted by Crippen LogP contribution is -2.43. The van der Waals surface area contributed by atoms with Crippen molar-refractivity contribution in [3.05, 3.63) is 24.3 Å². The van der Waals surface area contributed by atoms with Gasteiger partial charge in [0.25, 0.3) is 0 Å². The van der Waals surface area contributed by atoms with Gasteiger partial charge in [-0.2, -0.15) is 0 Å². The summed E-state index contributed by atoms with van der Waals surface area (Å²) in [6.07, 6.45) is 5.72. The van der Waals surface area contributed by atoms with Crippen molar-refractivity contribution in [1.82, 2.24) is 9.80 Å². The standard InChI is InChI=1S/C20H28N4O2/c25-19-9-13-24(19)18-6-4-17(5-7-18)21-20(26)23-12-8-16(15-23)14-22-10-2-1-3-11-22/h4-7,16H,1-3,8-15H2,(H,21,26)/t16-/m1/s1. The fourth-order valence-electron chi connectivity index (χ4n) is 4.19. The van der Waals surface area contributed by atoms with E-state index in [2.05, 4.69) is 10.2 Å². The van der Waals surface area contributed by atoms with Gasteiger partial charge in [0.1, 0.15) is 0 Å². The van der Waals surface area contributed by atoms with Crippen molar-refractivity contribution in [2.45, 2.75) is 32.1 Å². The lowest BCUT2D eigenvalue weighted by atomic mass is 10.1. The van der Waals surface area contributed by atoms with E-state index in [4.69, 9.17) is 0 Å². The SMILES string of the molecule is O=C(Nc1ccc(N2CCC2=O)cc1)N1CC[C@H](CN2CCCCC2)C1. The number of nitrogens with zero attached hydrogens (tertiary/aromatic N) is 3. The predicted molar refractivity (Wildman–Crippen MR) is 102 cm³/mol. The highest BCUT2D eigenvalue weighted by molar-refractivity contribution is 5.99. The molecule has 3 amide bonds. The molecule has 0 spiro atoms. The van der Waals surface area contributed by atoms with Crippen LogP contribution in [0.3, 0.4) is 0 Å². The molecule has 3 heterocycles. The Hall–Kier alpha value is -2.08. The number of hydrogen-bond acceptors (Lipinski definition) is 3. The maximum absolute atomic E-state index is 12.5. The van der Waals surface area contributed by atoms with Gasteiger partial charge in [0.05, 0.1) is 0 Å². The molecule has 6 nitrogen and oxygen atoms in total. The van der Waals surface area contributed by atoms with E-state index in [9.17, 15) is 9.59 Å². The molecular weight excluding hydrogens is 328 g/mol. The maximum atomic E-state index is 12.5. The molecule has 0 bridgehead atoms. The van der Waals surface area contributed by atoms with Crippen molar-refractivity contribution in [1.29, 1.82) is 0 Å². The van der Waals surface area contributed by atoms with Crippen LogP contribution < -0.4 is 10.2 Å². The third-order valence-corrected chi connectivity index (χ3v) is 5.82. The summed E-state index contributed by atoms with van der Waals surface area (Å²) in [4.78, 5) is 30.3. The second-order valence-electron chi connectivity index (χ2n) is 7.73. The third kappa shape index (κ3) is 3.85. The molecule has 0 unspecified atom stereocenters. The van der Waals surface area contributed by atoms with Crippen LogP contribution >= 0.6 is 0 Å². The quantitative estimate of drug-likeness (QED) is 0.844. The van der Waals surface area contributed by atoms with Gasteiger partial charge in [-0.15, -0.1) is 0 Å². The van der Waals surface area contributed by atoms with Crippen LogP contribution in [-0.4, -0.2) is 61.0 Å². The second kappa shape index (κ2) is 7.66. The summed E-state index contributed by atoms with van der Waals surface area (Å²) in [7, 11) is 0. The average Bonchev–Trinajstić information content (AvgIpc) is 3.11. The van der Waals surface area contributed by atoms with E-state index in [1.807, 2.05) is 29.2 Å². The highest BCUT2D eigenvalue weighted by Crippen LogP contribution is 2.24. The summed E-state index contributed by atoms with van der Waals surface area (Å²) < 4.78 is 0. The van der Waals surface area contributed by atoms with Crippen LogP contribution in [0.2, 0.25) is 0 Å². The largest absolute Gasteiger partial charge is 0.324 e. The lowest BCUT2D eigenvalue weighted by molar-refractivity contribution is -0.122. The second-order valence-corrected chi connectivity index (χ2v) is 7.73. The normalized spacial score (nSPS) is 23.8. The summed E-state index contributed by atoms with van der Waals surface area (Å²) in [6, 6.07) is 7.53. The first-order valence-corrected chi connectivity index (χ1v) is 9.88. The van der Waals surface area contributed by atoms with Gasteiger partial charge in [0.2, 0.25) is 5.91 Å². The van der Waals surface area contributed by atoms with Gasteiger partial charge in [-0.3, -0.25) is 4.79 Å². The predicted octanol–water partition coefficient (Wildman–Crippen LogP) is 2.76. The van der Waals surface area contributed by atoms with Crippen molar-refractivity contribution >= 4 is 23.3 Å². The monoisotopic (exact) mass is 356 g/mol. The number of piperidine rings is 1. The van der Waals surface area contributed by atoms with Crippen LogP contribution in [0.4, 0.5) is 16.2 Å². The van der Waals surface area contributed by atoms with Crippen molar-refractivity contribution in [3.63, 3.8) is 0 Å². The summed E-state index contributed by atoms with van der Waals surface area (Å²) >= 11 is 0. The summed E-state index contributed by atoms with van der Waals surface area (Å²) in [5.41, 5.74) is 1.69. The number of nitrogens with one attached hydrogen (secondary N) is 1. The van der Waals surface area contributed by atoms with Gasteiger partial charge in [0.15, 0.2) is 0 Å². The number of carbonyl (C=O) groups excluding carboxylic acids is 2. The molecule has 26 heavy (non-hydrogen) atoms. The van der Waals surface area contributed by atoms with E-state index in [0.717, 1.165) is 44.0 Å². The molecule has 3 aliphatic heterocycles. The molecular formula is C20H28N4O2. The number of likely N-dealkylation sites (tertiary alicyclic amines) is 2. The first-order valence-electron chi connectivity index (χ1n) is 9.88. The molecule has 3 fully saturated rings. The maximum Gasteiger partial charge on any atom is 0.321 e. The zero-order chi connectivity index (χ0) is 17.9. The van der Waals surface area contributed by atoms with Gasteiger partial charge in [-0.05, 0) is 62.5 Å². The van der Waals surface area contributed by atoms with Gasteiger partial charge < -0.3 is 20.0 Å². The Morgan fingerprint density at radius 3 is 2.46 bits per heavy atom. The summed E-state index contributed by atoms with van der Waals surface area (Å²) in [5.74, 6) is 0.761. The van der Waals surface area contributed by atoms with Crippen LogP contribution in [0.15, 0.2) is 24.3 Å². The molecule has 0 radical (unpaired) electrons. The van der Waals surface area contributed by atoms with Crippen LogP contribution in [0, 0.1) is 5.92 Å². The first-order chi connectivity index (χ1) is 12.7. The molecule has 1 N–H and O–H groups in total. The molecule has 3 saturated heterocycles. The number of hydrogen-bond donors (Lipinski definition) is 1. The Morgan fingerprint density at radius 1 is 1.04 bits per heavy atom. The Balaban J connectivity index is 1.26. The number of β-lactam (4-membered cyclic amide) rings is 1. The molecule has 1 aromatic rings. The van der Waals surface area contributed by atoms with Crippen molar-refractivity contribution in [2.24, 2.45) is 5.92 Å². The Labute approximate surface area is 155 Å². The van der Waals surface area contributed by atoms with Gasteiger partial charge in [0, 0.05) is 44.0 Å². The number of amides is 3. The van der Waals surface area contributed by atoms with Crippen LogP contribution in [0.1, 0.15) is 32.1 Å². The van der Waals surface area contributed by atoms with E-state index in [1.165, 1.54) is 32.4 Å². The number of carbonyl (C=O) groups is 2. The van der Waals surface area contributed by atoms with Crippen LogP contribution in [-0.2, 0) is 4.79 Å². The van der Waals surface area contributed by atoms with Crippen molar-refractivity contribution in [3.8, 4) is 0 Å². The molecule has 1 atom stereocenters. The van der Waals surface area contributed by atoms with Crippen molar-refractivity contribution in [2.75, 3.05) is 49.5 Å². The molecule has 3 aliphatic rings. The zero-order valence-corrected chi connectivity index (χ0v) is 15.3. The zero-order valence-electron chi connectivity index (χ0n) is 15.3. The Bertz CT molecular complexity index is 654. The van der Waals surface area contributed by atoms with E-state index in [-0.39, 0.29) is 11.9 Å². The lowest BCUT2D eigenvalue weighted by Gasteiger charge is -2.30. The Morgan fingerprint density at radius 2 is 1.81 bits per heavy atom. The van der Waals surface area contributed by atoms with Gasteiger partial charge in [-0.1, -0.05) is 6.42 Å². The van der Waals surface area contributed by atoms with Crippen LogP contribution in [0.25, 0.3) is 0 Å². The minimum Gasteiger partial charge on any atom is -0.324 e. The molecule has 140 valence electrons. The number of rotatable bonds is 4. The number of benzene rings is 1. The van der Waals surface area contributed by atoms with Gasteiger partial charge in [-0.25, -0.2) is 4.79 Å². The minimum atomic E-state index is -0.0149. The molecule has 1 aromatic carbocycles. The number of anilines is 2. The van der Waals surface area contributed by atoms with Crippen molar-refractivity contribution < 1.29 is 9.59 Å². The highest BCUT2D eigenvalue weighted by atomic mass is 16.2. The molecule has 0 aliphatic carbocycles. The van der Waals surface area contributed by atoms with Crippen LogP contribution in [0.5, 0.6) is 0 Å². The van der Waals surface area contributed by atoms with E-state index in [1.54, 1.807) is 4.90 Å². The fraction of sp³-hybridized carbons (Fsp3) is 0.600. The van der Waals surface area contributed by atoms with E-state index < -0.39 is 0 Å². The topological polar surface area (TPSA) is 55.9 Å². The third-order valence-electron chi connectivity index (χ3n) is 5.82. The van der Waals surface area contributed by atoms with Gasteiger partial charge >= 0.3 is 6.03 Å². The first kappa shape index (κ1) is 17.3. The molecule has 0 aromatic heterocycles. The summed E-state index contributed by atoms with van der Waals surface area (Å²) in [6.45, 7) is 6.04. The number of urea groups is 1. The van der Waals surface area contributed by atoms with E-state index >= 15 is 0 Å². The highest BCUT2D eigenvalue weighted by Gasteiger charge is 2.28. The fourth-order valence-corrected chi connectivity index (χ4v) is 4.19. The Kier molecular flexibility index (Phi) is 5.11. The van der Waals surface area contributed by atoms with E-state index in [0.29, 0.717) is 12.3 Å². The summed E-state index contributed by atoms with van der Waals surface area (Å²) in [5, 5.41) is 2.99. The molecule has 6 heteroatoms. The smallest absolute Gasteiger partial charge is 0.321 e. The minimum absolute atomic E-state index is 0.0149. The molecule has 0 saturated carbocycles. The molecule has 4 rings (SSSR count). The average molecular weight is 356 g/mol.